The predicted molar refractivity (Wildman–Crippen MR) is 171 cm³/mol. The van der Waals surface area contributed by atoms with Crippen molar-refractivity contribution in [3.05, 3.63) is 11.6 Å². The quantitative estimate of drug-likeness (QED) is 0.113. The van der Waals surface area contributed by atoms with Crippen molar-refractivity contribution in [2.24, 2.45) is 28.6 Å². The number of hydrogen-bond donors (Lipinski definition) is 6. The average molecular weight is 711 g/mol. The molecule has 7 rings (SSSR count). The van der Waals surface area contributed by atoms with Crippen molar-refractivity contribution in [1.82, 2.24) is 0 Å². The molecule has 0 aromatic carbocycles. The number of methoxy groups -OCH3 is 1. The number of carbonyl (C=O) groups is 2. The molecule has 14 heteroatoms. The van der Waals surface area contributed by atoms with Gasteiger partial charge in [-0.05, 0) is 81.6 Å². The lowest BCUT2D eigenvalue weighted by molar-refractivity contribution is -0.346. The molecule has 0 aromatic heterocycles. The Bertz CT molecular complexity index is 1330. The Morgan fingerprint density at radius 1 is 0.960 bits per heavy atom. The summed E-state index contributed by atoms with van der Waals surface area (Å²) in [5, 5.41) is 65.3. The van der Waals surface area contributed by atoms with Crippen molar-refractivity contribution < 1.29 is 68.6 Å². The van der Waals surface area contributed by atoms with E-state index in [0.29, 0.717) is 44.9 Å². The normalized spacial score (nSPS) is 53.5. The number of ether oxygens (including phenoxy) is 6. The van der Waals surface area contributed by atoms with E-state index in [9.17, 15) is 40.2 Å². The molecule has 3 aliphatic heterocycles. The molecule has 3 heterocycles. The molecule has 50 heavy (non-hydrogen) atoms. The third-order valence-electron chi connectivity index (χ3n) is 14.2. The van der Waals surface area contributed by atoms with Crippen LogP contribution in [-0.2, 0) is 38.0 Å². The summed E-state index contributed by atoms with van der Waals surface area (Å²) in [6.07, 6.45) is -2.52. The van der Waals surface area contributed by atoms with Gasteiger partial charge in [-0.1, -0.05) is 6.92 Å². The monoisotopic (exact) mass is 710 g/mol. The van der Waals surface area contributed by atoms with E-state index >= 15 is 0 Å². The summed E-state index contributed by atoms with van der Waals surface area (Å²) in [5.74, 6) is -0.635. The molecule has 2 saturated heterocycles. The van der Waals surface area contributed by atoms with Crippen LogP contribution in [0.1, 0.15) is 78.1 Å². The highest BCUT2D eigenvalue weighted by molar-refractivity contribution is 5.85. The van der Waals surface area contributed by atoms with Crippen LogP contribution < -0.4 is 0 Å². The van der Waals surface area contributed by atoms with Crippen molar-refractivity contribution in [1.29, 1.82) is 0 Å². The lowest BCUT2D eigenvalue weighted by Crippen LogP contribution is -2.69. The molecule has 4 saturated carbocycles. The lowest BCUT2D eigenvalue weighted by atomic mass is 9.41. The van der Waals surface area contributed by atoms with E-state index in [-0.39, 0.29) is 43.2 Å². The first-order valence-corrected chi connectivity index (χ1v) is 18.3. The standard InChI is InChI=1S/C36H54O14/c1-18-31(50-32-30(42)29(41)28(40)25(15-37)49-32)24(45-3)13-27(47-18)48-20-4-9-34(17-38)22-5-8-33(2)21(19-12-26(39)46-16-19)7-11-36(33,44)23(22)6-10-35(34,43)14-20/h12,17-18,20-25,27-32,37,40-44H,4-11,13-16H2,1-3H3/t18-,20+,21-,22?,23?,24+,25-,27+,28-,29+,30-,31-,32+,33-,34+,35+,36+/m1/s1. The second kappa shape index (κ2) is 13.4. The van der Waals surface area contributed by atoms with Gasteiger partial charge >= 0.3 is 5.97 Å². The number of cyclic esters (lactones) is 1. The fraction of sp³-hybridized carbons (Fsp3) is 0.889. The molecule has 17 atom stereocenters. The Morgan fingerprint density at radius 2 is 1.72 bits per heavy atom. The molecule has 0 bridgehead atoms. The number of aldehydes is 1. The Hall–Kier alpha value is -1.56. The lowest BCUT2D eigenvalue weighted by Gasteiger charge is -2.65. The summed E-state index contributed by atoms with van der Waals surface area (Å²) in [5.41, 5.74) is -2.86. The smallest absolute Gasteiger partial charge is 0.331 e. The third kappa shape index (κ3) is 5.55. The van der Waals surface area contributed by atoms with Crippen LogP contribution in [0.15, 0.2) is 11.6 Å². The fourth-order valence-corrected chi connectivity index (χ4v) is 11.5. The zero-order valence-electron chi connectivity index (χ0n) is 29.1. The second-order valence-corrected chi connectivity index (χ2v) is 16.3. The Kier molecular flexibility index (Phi) is 9.84. The van der Waals surface area contributed by atoms with Crippen LogP contribution in [0, 0.1) is 28.6 Å². The Morgan fingerprint density at radius 3 is 2.40 bits per heavy atom. The summed E-state index contributed by atoms with van der Waals surface area (Å²) in [4.78, 5) is 25.1. The van der Waals surface area contributed by atoms with Crippen molar-refractivity contribution in [3.63, 3.8) is 0 Å². The zero-order chi connectivity index (χ0) is 35.8. The summed E-state index contributed by atoms with van der Waals surface area (Å²) < 4.78 is 35.2. The molecular formula is C36H54O14. The van der Waals surface area contributed by atoms with Gasteiger partial charge in [-0.2, -0.15) is 0 Å². The maximum absolute atomic E-state index is 13.2. The van der Waals surface area contributed by atoms with Gasteiger partial charge in [0, 0.05) is 31.4 Å². The minimum atomic E-state index is -1.58. The summed E-state index contributed by atoms with van der Waals surface area (Å²) in [6.45, 7) is 3.57. The van der Waals surface area contributed by atoms with E-state index in [4.69, 9.17) is 28.4 Å². The first-order chi connectivity index (χ1) is 23.7. The van der Waals surface area contributed by atoms with Gasteiger partial charge in [0.15, 0.2) is 12.6 Å². The number of esters is 1. The van der Waals surface area contributed by atoms with Gasteiger partial charge in [0.2, 0.25) is 0 Å². The van der Waals surface area contributed by atoms with E-state index in [1.807, 2.05) is 0 Å². The van der Waals surface area contributed by atoms with Gasteiger partial charge in [-0.3, -0.25) is 0 Å². The maximum atomic E-state index is 13.2. The number of aliphatic hydroxyl groups is 6. The minimum absolute atomic E-state index is 0.0352. The van der Waals surface area contributed by atoms with Crippen LogP contribution in [0.3, 0.4) is 0 Å². The van der Waals surface area contributed by atoms with Crippen LogP contribution in [-0.4, -0.2) is 136 Å². The molecular weight excluding hydrogens is 656 g/mol. The Balaban J connectivity index is 1.01. The zero-order valence-corrected chi connectivity index (χ0v) is 29.1. The van der Waals surface area contributed by atoms with Crippen LogP contribution >= 0.6 is 0 Å². The van der Waals surface area contributed by atoms with Crippen molar-refractivity contribution >= 4 is 12.3 Å². The first kappa shape index (κ1) is 36.8. The topological polar surface area (TPSA) is 211 Å². The van der Waals surface area contributed by atoms with Crippen LogP contribution in [0.4, 0.5) is 0 Å². The van der Waals surface area contributed by atoms with E-state index < -0.39 is 90.1 Å². The van der Waals surface area contributed by atoms with Gasteiger partial charge < -0.3 is 63.9 Å². The molecule has 282 valence electrons. The minimum Gasteiger partial charge on any atom is -0.458 e. The second-order valence-electron chi connectivity index (χ2n) is 16.3. The van der Waals surface area contributed by atoms with E-state index in [1.54, 1.807) is 13.0 Å². The van der Waals surface area contributed by atoms with Crippen molar-refractivity contribution in [3.8, 4) is 0 Å². The number of aliphatic hydroxyl groups excluding tert-OH is 4. The fourth-order valence-electron chi connectivity index (χ4n) is 11.5. The summed E-state index contributed by atoms with van der Waals surface area (Å²) >= 11 is 0. The van der Waals surface area contributed by atoms with Crippen molar-refractivity contribution in [2.75, 3.05) is 20.3 Å². The highest BCUT2D eigenvalue weighted by Gasteiger charge is 2.71. The highest BCUT2D eigenvalue weighted by Crippen LogP contribution is 2.70. The highest BCUT2D eigenvalue weighted by atomic mass is 16.7. The molecule has 0 aromatic rings. The van der Waals surface area contributed by atoms with Crippen molar-refractivity contribution in [2.45, 2.75) is 151 Å². The molecule has 4 aliphatic carbocycles. The third-order valence-corrected chi connectivity index (χ3v) is 14.2. The van der Waals surface area contributed by atoms with Gasteiger partial charge in [0.25, 0.3) is 0 Å². The number of rotatable bonds is 8. The van der Waals surface area contributed by atoms with Crippen LogP contribution in [0.25, 0.3) is 0 Å². The van der Waals surface area contributed by atoms with E-state index in [0.717, 1.165) is 18.3 Å². The predicted octanol–water partition coefficient (Wildman–Crippen LogP) is 0.258. The largest absolute Gasteiger partial charge is 0.458 e. The molecule has 0 amide bonds. The molecule has 0 radical (unpaired) electrons. The molecule has 2 unspecified atom stereocenters. The van der Waals surface area contributed by atoms with E-state index in [2.05, 4.69) is 6.92 Å². The number of fused-ring (bicyclic) bond motifs is 5. The summed E-state index contributed by atoms with van der Waals surface area (Å²) in [7, 11) is 1.51. The van der Waals surface area contributed by atoms with Gasteiger partial charge in [-0.15, -0.1) is 0 Å². The maximum Gasteiger partial charge on any atom is 0.331 e. The van der Waals surface area contributed by atoms with E-state index in [1.165, 1.54) is 7.11 Å². The molecule has 6 N–H and O–H groups in total. The van der Waals surface area contributed by atoms with Gasteiger partial charge in [-0.25, -0.2) is 4.79 Å². The van der Waals surface area contributed by atoms with Crippen LogP contribution in [0.5, 0.6) is 0 Å². The molecule has 6 fully saturated rings. The number of carbonyl (C=O) groups excluding carboxylic acids is 2. The first-order valence-electron chi connectivity index (χ1n) is 18.3. The van der Waals surface area contributed by atoms with Gasteiger partial charge in [0.05, 0.1) is 41.5 Å². The number of hydrogen-bond acceptors (Lipinski definition) is 14. The van der Waals surface area contributed by atoms with Gasteiger partial charge in [0.1, 0.15) is 43.4 Å². The van der Waals surface area contributed by atoms with Crippen LogP contribution in [0.2, 0.25) is 0 Å². The molecule has 0 spiro atoms. The average Bonchev–Trinajstić information content (AvgIpc) is 3.64. The molecule has 7 aliphatic rings. The summed E-state index contributed by atoms with van der Waals surface area (Å²) in [6, 6.07) is 0. The molecule has 14 nitrogen and oxygen atoms in total. The Labute approximate surface area is 292 Å². The SMILES string of the molecule is CO[C@H]1C[C@H](O[C@H]2CC[C@]3(C=O)C4CC[C@]5(C)[C@@H](C6=CC(=O)OC6)CC[C@]5(O)C4CC[C@]3(O)C2)O[C@H](C)[C@H]1O[C@@H]1O[C@H](CO)[C@@H](O)[C@H](O)[C@H]1O.